The Bertz CT molecular complexity index is 953. The number of aromatic amines is 1. The zero-order chi connectivity index (χ0) is 17.6. The predicted molar refractivity (Wildman–Crippen MR) is 96.4 cm³/mol. The van der Waals surface area contributed by atoms with Crippen LogP contribution in [-0.2, 0) is 4.79 Å². The molecule has 1 amide bonds. The topological polar surface area (TPSA) is 93.6 Å². The highest BCUT2D eigenvalue weighted by atomic mass is 16.1. The standard InChI is InChI=1S/C19H17N5O/c1-13(14-5-3-2-4-6-14)23-19(25)16(10-20)11-21-17-8-7-15-12-22-24-18(15)9-17/h2-9,11-13,21H,1H3,(H,22,24)(H,23,25)/b16-11-. The Kier molecular flexibility index (Phi) is 4.77. The molecule has 3 aromatic rings. The van der Waals surface area contributed by atoms with E-state index in [9.17, 15) is 10.1 Å². The maximum atomic E-state index is 12.3. The van der Waals surface area contributed by atoms with E-state index in [1.165, 1.54) is 6.20 Å². The fourth-order valence-electron chi connectivity index (χ4n) is 2.43. The number of benzene rings is 2. The van der Waals surface area contributed by atoms with Crippen molar-refractivity contribution in [3.8, 4) is 6.07 Å². The van der Waals surface area contributed by atoms with Gasteiger partial charge in [0.25, 0.3) is 5.91 Å². The maximum Gasteiger partial charge on any atom is 0.263 e. The van der Waals surface area contributed by atoms with Gasteiger partial charge >= 0.3 is 0 Å². The van der Waals surface area contributed by atoms with Crippen molar-refractivity contribution >= 4 is 22.5 Å². The summed E-state index contributed by atoms with van der Waals surface area (Å²) in [4.78, 5) is 12.3. The average Bonchev–Trinajstić information content (AvgIpc) is 3.10. The van der Waals surface area contributed by atoms with E-state index in [0.717, 1.165) is 22.2 Å². The second-order valence-electron chi connectivity index (χ2n) is 5.59. The van der Waals surface area contributed by atoms with Crippen molar-refractivity contribution in [2.45, 2.75) is 13.0 Å². The van der Waals surface area contributed by atoms with Crippen LogP contribution >= 0.6 is 0 Å². The Morgan fingerprint density at radius 1 is 1.28 bits per heavy atom. The molecule has 6 heteroatoms. The zero-order valence-corrected chi connectivity index (χ0v) is 13.7. The van der Waals surface area contributed by atoms with E-state index in [2.05, 4.69) is 20.8 Å². The molecule has 0 aliphatic rings. The first kappa shape index (κ1) is 16.3. The van der Waals surface area contributed by atoms with Crippen LogP contribution in [0.1, 0.15) is 18.5 Å². The molecule has 3 N–H and O–H groups in total. The Morgan fingerprint density at radius 2 is 2.08 bits per heavy atom. The van der Waals surface area contributed by atoms with Crippen LogP contribution in [0, 0.1) is 11.3 Å². The molecule has 3 rings (SSSR count). The van der Waals surface area contributed by atoms with Crippen molar-refractivity contribution in [3.05, 3.63) is 72.1 Å². The number of fused-ring (bicyclic) bond motifs is 1. The van der Waals surface area contributed by atoms with Gasteiger partial charge in [-0.2, -0.15) is 10.4 Å². The average molecular weight is 331 g/mol. The van der Waals surface area contributed by atoms with E-state index < -0.39 is 5.91 Å². The summed E-state index contributed by atoms with van der Waals surface area (Å²) in [5.74, 6) is -0.422. The van der Waals surface area contributed by atoms with Crippen LogP contribution in [0.4, 0.5) is 5.69 Å². The van der Waals surface area contributed by atoms with Crippen molar-refractivity contribution in [2.24, 2.45) is 0 Å². The SMILES string of the molecule is CC(NC(=O)/C(C#N)=C\Nc1ccc2cn[nH]c2c1)c1ccccc1. The number of carbonyl (C=O) groups excluding carboxylic acids is 1. The number of hydrogen-bond acceptors (Lipinski definition) is 4. The largest absolute Gasteiger partial charge is 0.360 e. The third kappa shape index (κ3) is 3.85. The molecule has 0 aliphatic carbocycles. The molecule has 1 heterocycles. The third-order valence-corrected chi connectivity index (χ3v) is 3.84. The summed E-state index contributed by atoms with van der Waals surface area (Å²) in [5, 5.41) is 22.9. The van der Waals surface area contributed by atoms with Crippen LogP contribution in [0.2, 0.25) is 0 Å². The first-order valence-electron chi connectivity index (χ1n) is 7.83. The number of amides is 1. The number of nitrogens with one attached hydrogen (secondary N) is 3. The van der Waals surface area contributed by atoms with Gasteiger partial charge in [-0.1, -0.05) is 30.3 Å². The molecule has 0 bridgehead atoms. The number of hydrogen-bond donors (Lipinski definition) is 3. The lowest BCUT2D eigenvalue weighted by atomic mass is 10.1. The summed E-state index contributed by atoms with van der Waals surface area (Å²) < 4.78 is 0. The summed E-state index contributed by atoms with van der Waals surface area (Å²) in [7, 11) is 0. The quantitative estimate of drug-likeness (QED) is 0.494. The summed E-state index contributed by atoms with van der Waals surface area (Å²) in [6.07, 6.45) is 3.14. The van der Waals surface area contributed by atoms with Crippen LogP contribution in [0.25, 0.3) is 10.9 Å². The lowest BCUT2D eigenvalue weighted by Gasteiger charge is -2.13. The molecule has 1 unspecified atom stereocenters. The molecule has 25 heavy (non-hydrogen) atoms. The van der Waals surface area contributed by atoms with Crippen molar-refractivity contribution in [1.29, 1.82) is 5.26 Å². The smallest absolute Gasteiger partial charge is 0.263 e. The van der Waals surface area contributed by atoms with Gasteiger partial charge in [0.05, 0.1) is 17.8 Å². The third-order valence-electron chi connectivity index (χ3n) is 3.84. The van der Waals surface area contributed by atoms with E-state index >= 15 is 0 Å². The van der Waals surface area contributed by atoms with Gasteiger partial charge in [-0.25, -0.2) is 0 Å². The Labute approximate surface area is 145 Å². The molecule has 0 saturated carbocycles. The summed E-state index contributed by atoms with van der Waals surface area (Å²) >= 11 is 0. The second kappa shape index (κ2) is 7.32. The molecule has 2 aromatic carbocycles. The zero-order valence-electron chi connectivity index (χ0n) is 13.7. The van der Waals surface area contributed by atoms with Gasteiger partial charge in [-0.15, -0.1) is 0 Å². The van der Waals surface area contributed by atoms with Gasteiger partial charge in [0.1, 0.15) is 11.6 Å². The molecule has 0 spiro atoms. The van der Waals surface area contributed by atoms with E-state index in [-0.39, 0.29) is 11.6 Å². The number of H-pyrrole nitrogens is 1. The van der Waals surface area contributed by atoms with Gasteiger partial charge in [0.2, 0.25) is 0 Å². The number of nitrogens with zero attached hydrogens (tertiary/aromatic N) is 2. The van der Waals surface area contributed by atoms with Crippen molar-refractivity contribution in [3.63, 3.8) is 0 Å². The van der Waals surface area contributed by atoms with Crippen LogP contribution in [0.5, 0.6) is 0 Å². The van der Waals surface area contributed by atoms with Crippen LogP contribution in [0.3, 0.4) is 0 Å². The fraction of sp³-hybridized carbons (Fsp3) is 0.105. The first-order chi connectivity index (χ1) is 12.2. The molecule has 0 radical (unpaired) electrons. The minimum absolute atomic E-state index is 0.00693. The minimum atomic E-state index is -0.422. The minimum Gasteiger partial charge on any atom is -0.360 e. The van der Waals surface area contributed by atoms with Gasteiger partial charge in [0.15, 0.2) is 0 Å². The van der Waals surface area contributed by atoms with Crippen molar-refractivity contribution in [1.82, 2.24) is 15.5 Å². The molecule has 1 aromatic heterocycles. The Hall–Kier alpha value is -3.59. The molecular weight excluding hydrogens is 314 g/mol. The van der Waals surface area contributed by atoms with E-state index in [4.69, 9.17) is 0 Å². The molecule has 0 saturated heterocycles. The Morgan fingerprint density at radius 3 is 2.84 bits per heavy atom. The molecule has 6 nitrogen and oxygen atoms in total. The normalized spacial score (nSPS) is 12.4. The molecule has 0 aliphatic heterocycles. The molecule has 1 atom stereocenters. The lowest BCUT2D eigenvalue weighted by molar-refractivity contribution is -0.117. The number of aromatic nitrogens is 2. The van der Waals surface area contributed by atoms with E-state index in [1.54, 1.807) is 6.20 Å². The number of nitriles is 1. The van der Waals surface area contributed by atoms with Gasteiger partial charge in [-0.3, -0.25) is 9.89 Å². The van der Waals surface area contributed by atoms with E-state index in [1.807, 2.05) is 61.5 Å². The summed E-state index contributed by atoms with van der Waals surface area (Å²) in [6, 6.07) is 16.9. The van der Waals surface area contributed by atoms with Crippen LogP contribution < -0.4 is 10.6 Å². The predicted octanol–water partition coefficient (Wildman–Crippen LogP) is 3.26. The molecule has 0 fully saturated rings. The first-order valence-corrected chi connectivity index (χ1v) is 7.83. The van der Waals surface area contributed by atoms with Gasteiger partial charge in [-0.05, 0) is 30.7 Å². The molecular formula is C19H17N5O. The highest BCUT2D eigenvalue weighted by molar-refractivity contribution is 5.97. The highest BCUT2D eigenvalue weighted by Crippen LogP contribution is 2.17. The fourth-order valence-corrected chi connectivity index (χ4v) is 2.43. The lowest BCUT2D eigenvalue weighted by Crippen LogP contribution is -2.28. The highest BCUT2D eigenvalue weighted by Gasteiger charge is 2.13. The van der Waals surface area contributed by atoms with E-state index in [0.29, 0.717) is 0 Å². The molecule has 124 valence electrons. The van der Waals surface area contributed by atoms with Crippen LogP contribution in [0.15, 0.2) is 66.5 Å². The van der Waals surface area contributed by atoms with Gasteiger partial charge in [0, 0.05) is 17.3 Å². The summed E-state index contributed by atoms with van der Waals surface area (Å²) in [5.41, 5.74) is 2.62. The number of carbonyl (C=O) groups is 1. The summed E-state index contributed by atoms with van der Waals surface area (Å²) in [6.45, 7) is 1.88. The monoisotopic (exact) mass is 331 g/mol. The van der Waals surface area contributed by atoms with Crippen molar-refractivity contribution in [2.75, 3.05) is 5.32 Å². The number of rotatable bonds is 5. The second-order valence-corrected chi connectivity index (χ2v) is 5.59. The van der Waals surface area contributed by atoms with Gasteiger partial charge < -0.3 is 10.6 Å². The maximum absolute atomic E-state index is 12.3. The van der Waals surface area contributed by atoms with Crippen molar-refractivity contribution < 1.29 is 4.79 Å². The Balaban J connectivity index is 1.69. The van der Waals surface area contributed by atoms with Crippen LogP contribution in [-0.4, -0.2) is 16.1 Å². The number of anilines is 1.